The van der Waals surface area contributed by atoms with Crippen molar-refractivity contribution in [1.82, 2.24) is 24.9 Å². The van der Waals surface area contributed by atoms with E-state index in [2.05, 4.69) is 138 Å². The summed E-state index contributed by atoms with van der Waals surface area (Å²) in [5.74, 6) is 0. The monoisotopic (exact) mass is 709 g/mol. The third-order valence-corrected chi connectivity index (χ3v) is 9.66. The van der Waals surface area contributed by atoms with Gasteiger partial charge < -0.3 is 15.0 Å². The van der Waals surface area contributed by atoms with Crippen LogP contribution in [0.3, 0.4) is 0 Å². The summed E-state index contributed by atoms with van der Waals surface area (Å²) in [5, 5.41) is 0. The molecular weight excluding hydrogens is 681 g/mol. The first-order valence-electron chi connectivity index (χ1n) is 17.1. The average Bonchev–Trinajstić information content (AvgIpc) is 4.03. The van der Waals surface area contributed by atoms with E-state index in [1.807, 2.05) is 36.7 Å². The first-order chi connectivity index (χ1) is 25.3. The normalized spacial score (nSPS) is 11.6. The molecule has 5 nitrogen and oxygen atoms in total. The molecule has 2 aliphatic rings. The largest absolute Gasteiger partial charge is 2.00 e. The Kier molecular flexibility index (Phi) is 7.87. The van der Waals surface area contributed by atoms with Gasteiger partial charge in [0.1, 0.15) is 0 Å². The number of hydrogen-bond donors (Lipinski definition) is 1. The van der Waals surface area contributed by atoms with Crippen molar-refractivity contribution in [2.24, 2.45) is 0 Å². The molecule has 0 spiro atoms. The van der Waals surface area contributed by atoms with Crippen molar-refractivity contribution in [3.63, 3.8) is 0 Å². The number of aromatic amines is 1. The molecule has 0 atom stereocenters. The third-order valence-electron chi connectivity index (χ3n) is 9.66. The van der Waals surface area contributed by atoms with Crippen LogP contribution < -0.4 is 9.97 Å². The number of rotatable bonds is 4. The molecule has 0 saturated heterocycles. The van der Waals surface area contributed by atoms with Gasteiger partial charge in [0.25, 0.3) is 0 Å². The molecule has 0 aliphatic carbocycles. The Morgan fingerprint density at radius 1 is 0.365 bits per heavy atom. The van der Waals surface area contributed by atoms with Gasteiger partial charge in [-0.15, -0.1) is 22.1 Å². The summed E-state index contributed by atoms with van der Waals surface area (Å²) in [7, 11) is 0. The summed E-state index contributed by atoms with van der Waals surface area (Å²) >= 11 is 0. The molecule has 0 radical (unpaired) electrons. The Hall–Kier alpha value is -6.49. The number of fused-ring (bicyclic) bond motifs is 11. The van der Waals surface area contributed by atoms with Crippen molar-refractivity contribution in [2.45, 2.75) is 0 Å². The molecule has 0 unspecified atom stereocenters. The van der Waals surface area contributed by atoms with Crippen molar-refractivity contribution >= 4 is 34.2 Å². The smallest absolute Gasteiger partial charge is 0.657 e. The quantitative estimate of drug-likeness (QED) is 0.185. The topological polar surface area (TPSA) is 69.8 Å². The molecule has 1 N–H and O–H groups in total. The summed E-state index contributed by atoms with van der Waals surface area (Å²) < 4.78 is 0. The predicted octanol–water partition coefficient (Wildman–Crippen LogP) is 11.1. The zero-order chi connectivity index (χ0) is 33.7. The molecule has 10 rings (SSSR count). The van der Waals surface area contributed by atoms with Gasteiger partial charge in [-0.05, 0) is 56.7 Å². The van der Waals surface area contributed by atoms with Gasteiger partial charge in [0.15, 0.2) is 0 Å². The second kappa shape index (κ2) is 13.0. The van der Waals surface area contributed by atoms with E-state index in [1.54, 1.807) is 0 Å². The number of benzene rings is 4. The molecule has 8 aromatic rings. The van der Waals surface area contributed by atoms with Crippen LogP contribution in [0.4, 0.5) is 0 Å². The molecule has 4 aromatic carbocycles. The van der Waals surface area contributed by atoms with E-state index < -0.39 is 0 Å². The van der Waals surface area contributed by atoms with Crippen molar-refractivity contribution in [3.05, 3.63) is 169 Å². The van der Waals surface area contributed by atoms with Crippen LogP contribution in [0.2, 0.25) is 0 Å². The van der Waals surface area contributed by atoms with E-state index in [4.69, 9.17) is 19.9 Å². The van der Waals surface area contributed by atoms with E-state index in [-0.39, 0.29) is 16.5 Å². The van der Waals surface area contributed by atoms with E-state index in [9.17, 15) is 0 Å². The molecule has 6 heterocycles. The number of aromatic nitrogens is 5. The van der Waals surface area contributed by atoms with Crippen LogP contribution in [-0.4, -0.2) is 15.0 Å². The van der Waals surface area contributed by atoms with Gasteiger partial charge in [-0.3, -0.25) is 0 Å². The molecule has 0 fully saturated rings. The van der Waals surface area contributed by atoms with Crippen molar-refractivity contribution in [2.75, 3.05) is 0 Å². The molecular formula is C46H29N5Ni. The van der Waals surface area contributed by atoms with Crippen LogP contribution in [0.15, 0.2) is 158 Å². The molecule has 52 heavy (non-hydrogen) atoms. The Morgan fingerprint density at radius 2 is 0.692 bits per heavy atom. The molecule has 8 bridgehead atoms. The number of hydrogen-bond acceptors (Lipinski definition) is 2. The van der Waals surface area contributed by atoms with Gasteiger partial charge in [0.05, 0.1) is 22.8 Å². The number of H-pyrrole nitrogens is 1. The molecule has 0 saturated carbocycles. The Bertz CT molecular complexity index is 2590. The van der Waals surface area contributed by atoms with Crippen molar-refractivity contribution in [1.29, 1.82) is 0 Å². The maximum atomic E-state index is 5.53. The van der Waals surface area contributed by atoms with Crippen LogP contribution >= 0.6 is 0 Å². The van der Waals surface area contributed by atoms with Crippen molar-refractivity contribution < 1.29 is 16.5 Å². The zero-order valence-corrected chi connectivity index (χ0v) is 28.8. The van der Waals surface area contributed by atoms with E-state index in [1.165, 1.54) is 0 Å². The minimum Gasteiger partial charge on any atom is -0.657 e. The molecule has 248 valence electrons. The van der Waals surface area contributed by atoms with Gasteiger partial charge in [0.2, 0.25) is 0 Å². The maximum absolute atomic E-state index is 5.53. The third kappa shape index (κ3) is 5.24. The van der Waals surface area contributed by atoms with Gasteiger partial charge in [0, 0.05) is 23.5 Å². The first-order valence-corrected chi connectivity index (χ1v) is 17.1. The summed E-state index contributed by atoms with van der Waals surface area (Å²) in [5.41, 5.74) is 17.0. The van der Waals surface area contributed by atoms with Crippen LogP contribution in [-0.2, 0) is 16.5 Å². The SMILES string of the molecule is C1=Cc2nc1c(-c1ccccc1)c1ccc([n-]1)c(-c1ccccc1)c1nc(c(-c3ccccc3)c3ccc([n-]3)c2-c2ccccc2)-c2c[nH]cc2-1.[Ni+2]. The number of nitrogens with zero attached hydrogens (tertiary/aromatic N) is 4. The Balaban J connectivity index is 0.00000360. The van der Waals surface area contributed by atoms with Gasteiger partial charge in [-0.1, -0.05) is 146 Å². The predicted molar refractivity (Wildman–Crippen MR) is 208 cm³/mol. The van der Waals surface area contributed by atoms with Crippen LogP contribution in [0.5, 0.6) is 0 Å². The fraction of sp³-hybridized carbons (Fsp3) is 0. The minimum atomic E-state index is 0. The summed E-state index contributed by atoms with van der Waals surface area (Å²) in [6, 6.07) is 50.2. The maximum Gasteiger partial charge on any atom is 2.00 e. The first kappa shape index (κ1) is 31.5. The van der Waals surface area contributed by atoms with Crippen molar-refractivity contribution in [3.8, 4) is 67.0 Å². The zero-order valence-electron chi connectivity index (χ0n) is 27.8. The fourth-order valence-electron chi connectivity index (χ4n) is 7.38. The Morgan fingerprint density at radius 3 is 1.06 bits per heavy atom. The number of nitrogens with one attached hydrogen (secondary N) is 1. The Labute approximate surface area is 310 Å². The summed E-state index contributed by atoms with van der Waals surface area (Å²) in [4.78, 5) is 25.0. The van der Waals surface area contributed by atoms with E-state index in [0.29, 0.717) is 0 Å². The molecule has 0 amide bonds. The van der Waals surface area contributed by atoms with Crippen LogP contribution in [0.1, 0.15) is 11.4 Å². The summed E-state index contributed by atoms with van der Waals surface area (Å²) in [6.07, 6.45) is 8.31. The summed E-state index contributed by atoms with van der Waals surface area (Å²) in [6.45, 7) is 0. The van der Waals surface area contributed by atoms with Gasteiger partial charge in [-0.25, -0.2) is 9.97 Å². The molecule has 4 aromatic heterocycles. The van der Waals surface area contributed by atoms with Crippen LogP contribution in [0, 0.1) is 0 Å². The van der Waals surface area contributed by atoms with Gasteiger partial charge in [-0.2, -0.15) is 0 Å². The van der Waals surface area contributed by atoms with Gasteiger partial charge >= 0.3 is 16.5 Å². The second-order valence-corrected chi connectivity index (χ2v) is 12.7. The fourth-order valence-corrected chi connectivity index (χ4v) is 7.38. The van der Waals surface area contributed by atoms with E-state index in [0.717, 1.165) is 100 Å². The standard InChI is InChI=1S/C46H29N5.Ni/c1-5-13-29(14-6-1)41-35-21-22-36(48-35)42(30-15-7-2-8-16-30)38-24-26-40(50-38)44(32-19-11-4-12-20-32)46-34-28-47-27-33(34)45(51-46)43(31-17-9-3-10-18-31)39-25-23-37(41)49-39;/h1-28,47H;/q-2;+2. The molecule has 6 heteroatoms. The average molecular weight is 710 g/mol. The minimum absolute atomic E-state index is 0. The van der Waals surface area contributed by atoms with Crippen LogP contribution in [0.25, 0.3) is 101 Å². The molecule has 2 aliphatic heterocycles. The second-order valence-electron chi connectivity index (χ2n) is 12.7. The van der Waals surface area contributed by atoms with E-state index >= 15 is 0 Å².